The van der Waals surface area contributed by atoms with Gasteiger partial charge in [0.2, 0.25) is 0 Å². The van der Waals surface area contributed by atoms with Gasteiger partial charge in [-0.15, -0.1) is 0 Å². The van der Waals surface area contributed by atoms with Gasteiger partial charge >= 0.3 is 6.09 Å². The standard InChI is InChI=1S/C11H18N2O2/c14-9(15)12-10-6-11(7-10,8-10)13-4-2-1-3-5-13/h12H,1-8H2,(H,14,15). The highest BCUT2D eigenvalue weighted by Gasteiger charge is 2.70. The van der Waals surface area contributed by atoms with E-state index >= 15 is 0 Å². The maximum Gasteiger partial charge on any atom is 0.405 e. The molecule has 0 aromatic rings. The van der Waals surface area contributed by atoms with E-state index in [1.807, 2.05) is 0 Å². The molecule has 4 rings (SSSR count). The first kappa shape index (κ1) is 9.46. The number of carboxylic acid groups (broad SMARTS) is 1. The third kappa shape index (κ3) is 1.27. The molecular weight excluding hydrogens is 192 g/mol. The normalized spacial score (nSPS) is 44.0. The number of amides is 1. The summed E-state index contributed by atoms with van der Waals surface area (Å²) in [4.78, 5) is 13.2. The first-order chi connectivity index (χ1) is 7.14. The third-order valence-corrected chi connectivity index (χ3v) is 4.40. The van der Waals surface area contributed by atoms with Crippen molar-refractivity contribution >= 4 is 6.09 Å². The summed E-state index contributed by atoms with van der Waals surface area (Å²) in [6.45, 7) is 2.45. The van der Waals surface area contributed by atoms with Crippen molar-refractivity contribution in [1.29, 1.82) is 0 Å². The van der Waals surface area contributed by atoms with Crippen LogP contribution < -0.4 is 5.32 Å². The van der Waals surface area contributed by atoms with Gasteiger partial charge in [-0.2, -0.15) is 0 Å². The summed E-state index contributed by atoms with van der Waals surface area (Å²) in [5.74, 6) is 0. The molecule has 1 amide bonds. The van der Waals surface area contributed by atoms with Crippen LogP contribution in [0.2, 0.25) is 0 Å². The lowest BCUT2D eigenvalue weighted by atomic mass is 9.43. The Balaban J connectivity index is 1.58. The SMILES string of the molecule is O=C(O)NC12CC(N3CCCCC3)(C1)C2. The third-order valence-electron chi connectivity index (χ3n) is 4.40. The predicted octanol–water partition coefficient (Wildman–Crippen LogP) is 1.41. The lowest BCUT2D eigenvalue weighted by Gasteiger charge is -2.74. The highest BCUT2D eigenvalue weighted by molar-refractivity contribution is 5.67. The van der Waals surface area contributed by atoms with Crippen LogP contribution in [-0.2, 0) is 0 Å². The average molecular weight is 210 g/mol. The summed E-state index contributed by atoms with van der Waals surface area (Å²) in [6, 6.07) is 0. The first-order valence-corrected chi connectivity index (χ1v) is 5.91. The van der Waals surface area contributed by atoms with Crippen molar-refractivity contribution in [1.82, 2.24) is 10.2 Å². The van der Waals surface area contributed by atoms with Crippen molar-refractivity contribution in [3.05, 3.63) is 0 Å². The molecule has 2 bridgehead atoms. The summed E-state index contributed by atoms with van der Waals surface area (Å²) in [7, 11) is 0. The van der Waals surface area contributed by atoms with Crippen LogP contribution in [0, 0.1) is 0 Å². The van der Waals surface area contributed by atoms with E-state index in [-0.39, 0.29) is 5.54 Å². The van der Waals surface area contributed by atoms with Gasteiger partial charge in [-0.1, -0.05) is 6.42 Å². The minimum Gasteiger partial charge on any atom is -0.465 e. The van der Waals surface area contributed by atoms with Crippen LogP contribution in [0.4, 0.5) is 4.79 Å². The van der Waals surface area contributed by atoms with Gasteiger partial charge in [-0.25, -0.2) is 4.79 Å². The maximum atomic E-state index is 10.6. The number of likely N-dealkylation sites (tertiary alicyclic amines) is 1. The molecule has 4 aliphatic rings. The Morgan fingerprint density at radius 2 is 1.73 bits per heavy atom. The predicted molar refractivity (Wildman–Crippen MR) is 55.9 cm³/mol. The van der Waals surface area contributed by atoms with Crippen molar-refractivity contribution in [3.63, 3.8) is 0 Å². The summed E-state index contributed by atoms with van der Waals surface area (Å²) in [5.41, 5.74) is 0.353. The second-order valence-corrected chi connectivity index (χ2v) is 5.51. The largest absolute Gasteiger partial charge is 0.465 e. The molecule has 0 spiro atoms. The van der Waals surface area contributed by atoms with Gasteiger partial charge in [0.25, 0.3) is 0 Å². The van der Waals surface area contributed by atoms with Crippen molar-refractivity contribution < 1.29 is 9.90 Å². The minimum absolute atomic E-state index is 0.0384. The molecule has 4 nitrogen and oxygen atoms in total. The molecule has 3 saturated carbocycles. The van der Waals surface area contributed by atoms with E-state index in [0.29, 0.717) is 5.54 Å². The molecule has 0 unspecified atom stereocenters. The molecule has 15 heavy (non-hydrogen) atoms. The molecule has 1 saturated heterocycles. The monoisotopic (exact) mass is 210 g/mol. The molecule has 0 atom stereocenters. The van der Waals surface area contributed by atoms with Gasteiger partial charge in [-0.05, 0) is 45.2 Å². The van der Waals surface area contributed by atoms with Gasteiger partial charge in [0, 0.05) is 11.1 Å². The van der Waals surface area contributed by atoms with Crippen LogP contribution in [0.25, 0.3) is 0 Å². The van der Waals surface area contributed by atoms with Crippen LogP contribution in [0.15, 0.2) is 0 Å². The zero-order valence-corrected chi connectivity index (χ0v) is 8.96. The smallest absolute Gasteiger partial charge is 0.405 e. The second kappa shape index (κ2) is 2.88. The Kier molecular flexibility index (Phi) is 1.81. The summed E-state index contributed by atoms with van der Waals surface area (Å²) in [6.07, 6.45) is 6.29. The van der Waals surface area contributed by atoms with Gasteiger partial charge in [-0.3, -0.25) is 4.90 Å². The van der Waals surface area contributed by atoms with Crippen LogP contribution >= 0.6 is 0 Å². The van der Waals surface area contributed by atoms with E-state index in [9.17, 15) is 4.79 Å². The molecule has 4 heteroatoms. The van der Waals surface area contributed by atoms with Crippen LogP contribution in [0.3, 0.4) is 0 Å². The van der Waals surface area contributed by atoms with E-state index < -0.39 is 6.09 Å². The number of carbonyl (C=O) groups is 1. The van der Waals surface area contributed by atoms with Crippen LogP contribution in [-0.4, -0.2) is 40.3 Å². The first-order valence-electron chi connectivity index (χ1n) is 5.91. The zero-order valence-electron chi connectivity index (χ0n) is 8.96. The van der Waals surface area contributed by atoms with Gasteiger partial charge in [0.05, 0.1) is 0 Å². The fourth-order valence-electron chi connectivity index (χ4n) is 3.80. The average Bonchev–Trinajstić information content (AvgIpc) is 2.10. The Bertz CT molecular complexity index is 277. The highest BCUT2D eigenvalue weighted by atomic mass is 16.4. The quantitative estimate of drug-likeness (QED) is 0.724. The van der Waals surface area contributed by atoms with Crippen LogP contribution in [0.1, 0.15) is 38.5 Å². The lowest BCUT2D eigenvalue weighted by molar-refractivity contribution is -0.179. The van der Waals surface area contributed by atoms with Crippen molar-refractivity contribution in [2.24, 2.45) is 0 Å². The van der Waals surface area contributed by atoms with Gasteiger partial charge in [0.1, 0.15) is 0 Å². The van der Waals surface area contributed by atoms with Gasteiger partial charge in [0.15, 0.2) is 0 Å². The number of piperidine rings is 1. The van der Waals surface area contributed by atoms with Crippen molar-refractivity contribution in [2.75, 3.05) is 13.1 Å². The number of nitrogens with zero attached hydrogens (tertiary/aromatic N) is 1. The Morgan fingerprint density at radius 1 is 1.13 bits per heavy atom. The van der Waals surface area contributed by atoms with Gasteiger partial charge < -0.3 is 10.4 Å². The fourth-order valence-corrected chi connectivity index (χ4v) is 3.80. The molecule has 1 heterocycles. The summed E-state index contributed by atoms with van der Waals surface area (Å²) < 4.78 is 0. The molecule has 4 fully saturated rings. The molecule has 2 N–H and O–H groups in total. The molecule has 0 aromatic heterocycles. The highest BCUT2D eigenvalue weighted by Crippen LogP contribution is 2.63. The number of nitrogens with one attached hydrogen (secondary N) is 1. The molecule has 3 aliphatic carbocycles. The minimum atomic E-state index is -0.859. The van der Waals surface area contributed by atoms with E-state index in [4.69, 9.17) is 5.11 Å². The summed E-state index contributed by atoms with van der Waals surface area (Å²) >= 11 is 0. The van der Waals surface area contributed by atoms with E-state index in [2.05, 4.69) is 10.2 Å². The Morgan fingerprint density at radius 3 is 2.27 bits per heavy atom. The number of hydrogen-bond acceptors (Lipinski definition) is 2. The van der Waals surface area contributed by atoms with E-state index in [1.165, 1.54) is 32.4 Å². The Hall–Kier alpha value is -0.770. The second-order valence-electron chi connectivity index (χ2n) is 5.51. The summed E-state index contributed by atoms with van der Waals surface area (Å²) in [5, 5.41) is 11.4. The molecule has 0 radical (unpaired) electrons. The van der Waals surface area contributed by atoms with Crippen molar-refractivity contribution in [3.8, 4) is 0 Å². The fraction of sp³-hybridized carbons (Fsp3) is 0.909. The molecule has 84 valence electrons. The molecule has 0 aromatic carbocycles. The van der Waals surface area contributed by atoms with Crippen LogP contribution in [0.5, 0.6) is 0 Å². The molecule has 1 aliphatic heterocycles. The topological polar surface area (TPSA) is 52.6 Å². The lowest BCUT2D eigenvalue weighted by Crippen LogP contribution is -2.83. The number of rotatable bonds is 2. The zero-order chi connectivity index (χ0) is 10.5. The maximum absolute atomic E-state index is 10.6. The van der Waals surface area contributed by atoms with E-state index in [1.54, 1.807) is 0 Å². The molecular formula is C11H18N2O2. The Labute approximate surface area is 89.6 Å². The van der Waals surface area contributed by atoms with Crippen molar-refractivity contribution in [2.45, 2.75) is 49.6 Å². The number of hydrogen-bond donors (Lipinski definition) is 2. The van der Waals surface area contributed by atoms with E-state index in [0.717, 1.165) is 19.3 Å².